The van der Waals surface area contributed by atoms with E-state index >= 15 is 0 Å². The minimum Gasteiger partial charge on any atom is -0.338 e. The Morgan fingerprint density at radius 3 is 1.67 bits per heavy atom. The molecular formula is C22H42N2. The summed E-state index contributed by atoms with van der Waals surface area (Å²) in [5, 5.41) is 0. The summed E-state index contributed by atoms with van der Waals surface area (Å²) < 4.78 is 2.06. The Kier molecular flexibility index (Phi) is 26.9. The highest BCUT2D eigenvalue weighted by Gasteiger charge is 1.93. The van der Waals surface area contributed by atoms with Crippen LogP contribution in [0.5, 0.6) is 0 Å². The van der Waals surface area contributed by atoms with Crippen molar-refractivity contribution in [3.63, 3.8) is 0 Å². The zero-order chi connectivity index (χ0) is 19.2. The topological polar surface area (TPSA) is 17.8 Å². The fourth-order valence-electron chi connectivity index (χ4n) is 1.81. The summed E-state index contributed by atoms with van der Waals surface area (Å²) in [4.78, 5) is 4.00. The van der Waals surface area contributed by atoms with E-state index in [4.69, 9.17) is 0 Å². The van der Waals surface area contributed by atoms with Crippen molar-refractivity contribution in [3.05, 3.63) is 54.1 Å². The molecule has 2 rings (SSSR count). The van der Waals surface area contributed by atoms with Gasteiger partial charge in [-0.25, -0.2) is 4.98 Å². The highest BCUT2D eigenvalue weighted by molar-refractivity contribution is 5.14. The molecule has 0 unspecified atom stereocenters. The van der Waals surface area contributed by atoms with Gasteiger partial charge < -0.3 is 4.57 Å². The lowest BCUT2D eigenvalue weighted by molar-refractivity contribution is 0.786. The number of benzene rings is 1. The summed E-state index contributed by atoms with van der Waals surface area (Å²) in [6.07, 6.45) is 8.54. The van der Waals surface area contributed by atoms with E-state index in [1.165, 1.54) is 30.5 Å². The van der Waals surface area contributed by atoms with Gasteiger partial charge in [0.25, 0.3) is 0 Å². The number of rotatable bonds is 4. The molecule has 0 saturated heterocycles. The van der Waals surface area contributed by atoms with Crippen LogP contribution in [0.1, 0.15) is 79.5 Å². The third-order valence-corrected chi connectivity index (χ3v) is 2.80. The molecule has 0 saturated carbocycles. The minimum atomic E-state index is 1.14. The van der Waals surface area contributed by atoms with Gasteiger partial charge >= 0.3 is 0 Å². The predicted molar refractivity (Wildman–Crippen MR) is 112 cm³/mol. The standard InChI is InChI=1S/C9H12.C7H12N2.3C2H6/c1-2-6-9-7-4-3-5-8-9;1-3-4-7-5-8-6-9(7)2;3*1-2/h3-5,7-8H,2,6H2,1H3;5-6H,3-4H2,1-2H3;3*1-2H3. The van der Waals surface area contributed by atoms with Crippen molar-refractivity contribution in [3.8, 4) is 0 Å². The predicted octanol–water partition coefficient (Wildman–Crippen LogP) is 7.09. The van der Waals surface area contributed by atoms with Crippen LogP contribution < -0.4 is 0 Å². The zero-order valence-corrected chi connectivity index (χ0v) is 17.8. The van der Waals surface area contributed by atoms with E-state index in [1.54, 1.807) is 0 Å². The van der Waals surface area contributed by atoms with Crippen molar-refractivity contribution in [1.82, 2.24) is 9.55 Å². The maximum Gasteiger partial charge on any atom is 0.0945 e. The van der Waals surface area contributed by atoms with Crippen LogP contribution in [-0.2, 0) is 19.9 Å². The lowest BCUT2D eigenvalue weighted by Crippen LogP contribution is -1.92. The molecule has 2 aromatic rings. The molecule has 2 heteroatoms. The Balaban J connectivity index is -0.000000281. The van der Waals surface area contributed by atoms with Crippen LogP contribution in [0.25, 0.3) is 0 Å². The molecule has 0 fully saturated rings. The molecule has 0 N–H and O–H groups in total. The van der Waals surface area contributed by atoms with Crippen LogP contribution in [0, 0.1) is 0 Å². The molecule has 0 radical (unpaired) electrons. The fraction of sp³-hybridized carbons (Fsp3) is 0.591. The third kappa shape index (κ3) is 15.3. The number of hydrogen-bond acceptors (Lipinski definition) is 1. The minimum absolute atomic E-state index is 1.14. The Labute approximate surface area is 152 Å². The average molecular weight is 335 g/mol. The summed E-state index contributed by atoms with van der Waals surface area (Å²) in [6.45, 7) is 16.4. The van der Waals surface area contributed by atoms with Crippen molar-refractivity contribution in [2.45, 2.75) is 81.1 Å². The summed E-state index contributed by atoms with van der Waals surface area (Å²) in [6, 6.07) is 10.6. The molecule has 1 aromatic heterocycles. The van der Waals surface area contributed by atoms with Crippen molar-refractivity contribution >= 4 is 0 Å². The number of nitrogens with zero attached hydrogens (tertiary/aromatic N) is 2. The van der Waals surface area contributed by atoms with Crippen LogP contribution in [0.3, 0.4) is 0 Å². The first-order valence-corrected chi connectivity index (χ1v) is 9.77. The van der Waals surface area contributed by atoms with Gasteiger partial charge in [0.05, 0.1) is 6.33 Å². The monoisotopic (exact) mass is 334 g/mol. The van der Waals surface area contributed by atoms with Crippen molar-refractivity contribution in [1.29, 1.82) is 0 Å². The Hall–Kier alpha value is -1.57. The molecule has 0 aliphatic rings. The molecule has 0 amide bonds. The van der Waals surface area contributed by atoms with Crippen molar-refractivity contribution in [2.24, 2.45) is 7.05 Å². The van der Waals surface area contributed by atoms with E-state index in [0.717, 1.165) is 6.42 Å². The van der Waals surface area contributed by atoms with Crippen molar-refractivity contribution < 1.29 is 0 Å². The van der Waals surface area contributed by atoms with E-state index in [-0.39, 0.29) is 0 Å². The number of imidazole rings is 1. The van der Waals surface area contributed by atoms with E-state index in [0.29, 0.717) is 0 Å². The van der Waals surface area contributed by atoms with Gasteiger partial charge in [-0.1, -0.05) is 98.6 Å². The lowest BCUT2D eigenvalue weighted by atomic mass is 10.1. The summed E-state index contributed by atoms with van der Waals surface area (Å²) in [5.41, 5.74) is 2.76. The van der Waals surface area contributed by atoms with Gasteiger partial charge in [0, 0.05) is 18.9 Å². The second-order valence-corrected chi connectivity index (χ2v) is 4.48. The Morgan fingerprint density at radius 2 is 1.29 bits per heavy atom. The first-order chi connectivity index (χ1) is 11.8. The van der Waals surface area contributed by atoms with Crippen LogP contribution in [0.4, 0.5) is 0 Å². The smallest absolute Gasteiger partial charge is 0.0945 e. The lowest BCUT2D eigenvalue weighted by Gasteiger charge is -1.96. The normalized spacial score (nSPS) is 8.04. The summed E-state index contributed by atoms with van der Waals surface area (Å²) in [5.74, 6) is 0. The van der Waals surface area contributed by atoms with Gasteiger partial charge in [-0.2, -0.15) is 0 Å². The van der Waals surface area contributed by atoms with Crippen molar-refractivity contribution in [2.75, 3.05) is 0 Å². The Bertz CT molecular complexity index is 419. The van der Waals surface area contributed by atoms with E-state index in [2.05, 4.69) is 53.7 Å². The van der Waals surface area contributed by atoms with Gasteiger partial charge in [-0.05, 0) is 18.4 Å². The molecule has 140 valence electrons. The number of aryl methyl sites for hydroxylation is 3. The fourth-order valence-corrected chi connectivity index (χ4v) is 1.81. The van der Waals surface area contributed by atoms with Gasteiger partial charge in [-0.15, -0.1) is 0 Å². The van der Waals surface area contributed by atoms with E-state index in [1.807, 2.05) is 61.1 Å². The largest absolute Gasteiger partial charge is 0.338 e. The molecule has 0 bridgehead atoms. The van der Waals surface area contributed by atoms with Crippen LogP contribution in [0.2, 0.25) is 0 Å². The van der Waals surface area contributed by atoms with E-state index < -0.39 is 0 Å². The molecule has 0 aliphatic carbocycles. The number of aromatic nitrogens is 2. The van der Waals surface area contributed by atoms with Gasteiger partial charge in [0.2, 0.25) is 0 Å². The molecule has 0 atom stereocenters. The quantitative estimate of drug-likeness (QED) is 0.583. The van der Waals surface area contributed by atoms with Crippen LogP contribution in [0.15, 0.2) is 42.9 Å². The summed E-state index contributed by atoms with van der Waals surface area (Å²) >= 11 is 0. The van der Waals surface area contributed by atoms with Crippen LogP contribution in [-0.4, -0.2) is 9.55 Å². The molecule has 1 aromatic carbocycles. The molecule has 1 heterocycles. The van der Waals surface area contributed by atoms with E-state index in [9.17, 15) is 0 Å². The van der Waals surface area contributed by atoms with Gasteiger partial charge in [-0.3, -0.25) is 0 Å². The average Bonchev–Trinajstić information content (AvgIpc) is 3.07. The summed E-state index contributed by atoms with van der Waals surface area (Å²) in [7, 11) is 2.03. The Morgan fingerprint density at radius 1 is 0.792 bits per heavy atom. The second-order valence-electron chi connectivity index (χ2n) is 4.48. The molecule has 0 aliphatic heterocycles. The number of hydrogen-bond donors (Lipinski definition) is 0. The molecule has 0 spiro atoms. The highest BCUT2D eigenvalue weighted by Crippen LogP contribution is 2.00. The van der Waals surface area contributed by atoms with Gasteiger partial charge in [0.15, 0.2) is 0 Å². The molecular weight excluding hydrogens is 292 g/mol. The maximum absolute atomic E-state index is 4.00. The van der Waals surface area contributed by atoms with Gasteiger partial charge in [0.1, 0.15) is 0 Å². The highest BCUT2D eigenvalue weighted by atomic mass is 15.0. The maximum atomic E-state index is 4.00. The SMILES string of the molecule is CC.CC.CC.CCCc1ccccc1.CCCc1cncn1C. The first-order valence-electron chi connectivity index (χ1n) is 9.77. The third-order valence-electron chi connectivity index (χ3n) is 2.80. The first kappa shape index (κ1) is 27.3. The molecule has 2 nitrogen and oxygen atoms in total. The zero-order valence-electron chi connectivity index (χ0n) is 17.8. The van der Waals surface area contributed by atoms with Crippen LogP contribution >= 0.6 is 0 Å². The molecule has 24 heavy (non-hydrogen) atoms. The second kappa shape index (κ2) is 23.7.